The number of anilines is 1. The minimum atomic E-state index is -2.47. The van der Waals surface area contributed by atoms with Crippen molar-refractivity contribution >= 4 is 39.9 Å². The summed E-state index contributed by atoms with van der Waals surface area (Å²) in [5.41, 5.74) is 3.78. The molecule has 4 rings (SSSR count). The molecule has 1 heterocycles. The van der Waals surface area contributed by atoms with Crippen LogP contribution in [0.2, 0.25) is 0 Å². The molecule has 32 heavy (non-hydrogen) atoms. The van der Waals surface area contributed by atoms with E-state index in [0.29, 0.717) is 6.61 Å². The maximum absolute atomic E-state index is 6.15. The van der Waals surface area contributed by atoms with Crippen molar-refractivity contribution in [3.8, 4) is 16.2 Å². The molecular formula is C26H26NO2PS2. The summed E-state index contributed by atoms with van der Waals surface area (Å²) in [5.74, 6) is 0.805. The predicted octanol–water partition coefficient (Wildman–Crippen LogP) is 7.10. The summed E-state index contributed by atoms with van der Waals surface area (Å²) in [6.45, 7) is 2.53. The van der Waals surface area contributed by atoms with Crippen LogP contribution in [0.5, 0.6) is 5.75 Å². The fourth-order valence-corrected chi connectivity index (χ4v) is 7.80. The van der Waals surface area contributed by atoms with Crippen molar-refractivity contribution in [2.24, 2.45) is 0 Å². The molecule has 0 aliphatic heterocycles. The van der Waals surface area contributed by atoms with Crippen LogP contribution in [0.25, 0.3) is 10.4 Å². The molecule has 0 saturated heterocycles. The average molecular weight is 480 g/mol. The number of benzene rings is 3. The summed E-state index contributed by atoms with van der Waals surface area (Å²) in [7, 11) is 1.66. The van der Waals surface area contributed by atoms with Crippen molar-refractivity contribution in [1.82, 2.24) is 0 Å². The summed E-state index contributed by atoms with van der Waals surface area (Å²) >= 11 is 7.80. The van der Waals surface area contributed by atoms with Gasteiger partial charge in [0.05, 0.1) is 18.7 Å². The first-order valence-corrected chi connectivity index (χ1v) is 14.0. The molecule has 0 aliphatic carbocycles. The third-order valence-corrected chi connectivity index (χ3v) is 9.71. The molecule has 3 nitrogen and oxygen atoms in total. The van der Waals surface area contributed by atoms with Gasteiger partial charge in [-0.15, -0.1) is 11.3 Å². The molecule has 164 valence electrons. The number of methoxy groups -OCH3 is 1. The Bertz CT molecular complexity index is 1190. The zero-order valence-corrected chi connectivity index (χ0v) is 20.7. The first-order valence-electron chi connectivity index (χ1n) is 10.5. The van der Waals surface area contributed by atoms with Crippen LogP contribution in [0, 0.1) is 0 Å². The van der Waals surface area contributed by atoms with Gasteiger partial charge in [0.15, 0.2) is 6.42 Å². The highest BCUT2D eigenvalue weighted by molar-refractivity contribution is 8.16. The van der Waals surface area contributed by atoms with Crippen LogP contribution >= 0.6 is 17.8 Å². The lowest BCUT2D eigenvalue weighted by molar-refractivity contribution is 0.384. The molecule has 0 spiro atoms. The molecular weight excluding hydrogens is 453 g/mol. The zero-order valence-electron chi connectivity index (χ0n) is 18.2. The lowest BCUT2D eigenvalue weighted by atomic mass is 10.0. The van der Waals surface area contributed by atoms with Gasteiger partial charge >= 0.3 is 0 Å². The third-order valence-electron chi connectivity index (χ3n) is 5.06. The summed E-state index contributed by atoms with van der Waals surface area (Å²) in [6, 6.07) is 31.2. The van der Waals surface area contributed by atoms with Crippen LogP contribution in [-0.2, 0) is 22.8 Å². The number of nitrogens with one attached hydrogen (secondary N) is 1. The SMILES string of the molecule is CCOP(=S)(Nc1cc(Cc2ccccc2)c(-c2ccccc2)s1)c1ccc(OC)cc1. The highest BCUT2D eigenvalue weighted by Crippen LogP contribution is 2.49. The van der Waals surface area contributed by atoms with E-state index in [1.54, 1.807) is 18.4 Å². The van der Waals surface area contributed by atoms with Gasteiger partial charge in [-0.25, -0.2) is 0 Å². The molecule has 0 fully saturated rings. The quantitative estimate of drug-likeness (QED) is 0.260. The van der Waals surface area contributed by atoms with E-state index in [1.807, 2.05) is 37.3 Å². The molecule has 0 aliphatic rings. The van der Waals surface area contributed by atoms with E-state index in [-0.39, 0.29) is 0 Å². The van der Waals surface area contributed by atoms with Gasteiger partial charge in [0.25, 0.3) is 0 Å². The number of thiophene rings is 1. The van der Waals surface area contributed by atoms with E-state index >= 15 is 0 Å². The summed E-state index contributed by atoms with van der Waals surface area (Å²) < 4.78 is 11.5. The zero-order chi connectivity index (χ0) is 22.4. The first-order chi connectivity index (χ1) is 15.6. The van der Waals surface area contributed by atoms with E-state index in [1.165, 1.54) is 21.6 Å². The van der Waals surface area contributed by atoms with Gasteiger partial charge in [-0.05, 0) is 72.2 Å². The van der Waals surface area contributed by atoms with Gasteiger partial charge in [-0.1, -0.05) is 60.7 Å². The lowest BCUT2D eigenvalue weighted by Crippen LogP contribution is -2.13. The minimum Gasteiger partial charge on any atom is -0.497 e. The molecule has 1 unspecified atom stereocenters. The molecule has 1 aromatic heterocycles. The average Bonchev–Trinajstić information content (AvgIpc) is 3.22. The molecule has 0 radical (unpaired) electrons. The van der Waals surface area contributed by atoms with Gasteiger partial charge in [0.2, 0.25) is 0 Å². The highest BCUT2D eigenvalue weighted by atomic mass is 32.4. The van der Waals surface area contributed by atoms with E-state index in [4.69, 9.17) is 21.1 Å². The summed E-state index contributed by atoms with van der Waals surface area (Å²) in [6.07, 6.45) is -1.60. The second kappa shape index (κ2) is 10.5. The molecule has 0 saturated carbocycles. The van der Waals surface area contributed by atoms with Crippen LogP contribution in [0.4, 0.5) is 5.00 Å². The Labute approximate surface area is 199 Å². The molecule has 1 N–H and O–H groups in total. The van der Waals surface area contributed by atoms with Crippen LogP contribution in [0.15, 0.2) is 91.0 Å². The molecule has 1 atom stereocenters. The Balaban J connectivity index is 1.70. The number of hydrogen-bond donors (Lipinski definition) is 1. The van der Waals surface area contributed by atoms with Crippen molar-refractivity contribution in [2.45, 2.75) is 13.3 Å². The smallest absolute Gasteiger partial charge is 0.183 e. The van der Waals surface area contributed by atoms with E-state index in [2.05, 4.69) is 65.8 Å². The van der Waals surface area contributed by atoms with Crippen molar-refractivity contribution in [3.63, 3.8) is 0 Å². The predicted molar refractivity (Wildman–Crippen MR) is 141 cm³/mol. The van der Waals surface area contributed by atoms with E-state index < -0.39 is 6.42 Å². The van der Waals surface area contributed by atoms with Crippen molar-refractivity contribution < 1.29 is 9.26 Å². The molecule has 0 bridgehead atoms. The van der Waals surface area contributed by atoms with E-state index in [9.17, 15) is 0 Å². The van der Waals surface area contributed by atoms with Crippen LogP contribution < -0.4 is 15.1 Å². The first kappa shape index (κ1) is 22.8. The Morgan fingerprint density at radius 3 is 2.19 bits per heavy atom. The van der Waals surface area contributed by atoms with Crippen LogP contribution in [-0.4, -0.2) is 13.7 Å². The topological polar surface area (TPSA) is 30.5 Å². The van der Waals surface area contributed by atoms with Crippen molar-refractivity contribution in [1.29, 1.82) is 0 Å². The second-order valence-corrected chi connectivity index (χ2v) is 12.0. The number of rotatable bonds is 9. The third kappa shape index (κ3) is 5.31. The van der Waals surface area contributed by atoms with Gasteiger partial charge in [-0.2, -0.15) is 0 Å². The van der Waals surface area contributed by atoms with E-state index in [0.717, 1.165) is 22.5 Å². The standard InChI is InChI=1S/C26H26NO2PS2/c1-3-29-30(31,24-16-14-23(28-2)15-17-24)27-25-19-22(18-20-10-6-4-7-11-20)26(32-25)21-12-8-5-9-13-21/h4-17,19H,3,18H2,1-2H3,(H,27,31). The van der Waals surface area contributed by atoms with Crippen LogP contribution in [0.1, 0.15) is 18.1 Å². The largest absolute Gasteiger partial charge is 0.497 e. The maximum atomic E-state index is 6.15. The monoisotopic (exact) mass is 479 g/mol. The molecule has 4 aromatic rings. The molecule has 0 amide bonds. The van der Waals surface area contributed by atoms with Gasteiger partial charge < -0.3 is 14.3 Å². The summed E-state index contributed by atoms with van der Waals surface area (Å²) in [5, 5.41) is 5.62. The van der Waals surface area contributed by atoms with Gasteiger partial charge in [-0.3, -0.25) is 0 Å². The highest BCUT2D eigenvalue weighted by Gasteiger charge is 2.23. The van der Waals surface area contributed by atoms with Gasteiger partial charge in [0, 0.05) is 10.2 Å². The second-order valence-electron chi connectivity index (χ2n) is 7.27. The summed E-state index contributed by atoms with van der Waals surface area (Å²) in [4.78, 5) is 1.25. The van der Waals surface area contributed by atoms with Gasteiger partial charge in [0.1, 0.15) is 5.75 Å². The Kier molecular flexibility index (Phi) is 7.44. The lowest BCUT2D eigenvalue weighted by Gasteiger charge is -2.23. The Hall–Kier alpha value is -2.43. The fraction of sp³-hybridized carbons (Fsp3) is 0.154. The van der Waals surface area contributed by atoms with Crippen molar-refractivity contribution in [2.75, 3.05) is 18.8 Å². The Morgan fingerprint density at radius 2 is 1.56 bits per heavy atom. The normalized spacial score (nSPS) is 12.8. The fourth-order valence-electron chi connectivity index (χ4n) is 3.54. The number of hydrogen-bond acceptors (Lipinski definition) is 4. The minimum absolute atomic E-state index is 0.546. The maximum Gasteiger partial charge on any atom is 0.183 e. The number of ether oxygens (including phenoxy) is 1. The Morgan fingerprint density at radius 1 is 0.906 bits per heavy atom. The molecule has 3 aromatic carbocycles. The van der Waals surface area contributed by atoms with Crippen molar-refractivity contribution in [3.05, 3.63) is 102 Å². The van der Waals surface area contributed by atoms with Crippen LogP contribution in [0.3, 0.4) is 0 Å². The molecule has 6 heteroatoms.